The summed E-state index contributed by atoms with van der Waals surface area (Å²) in [4.78, 5) is 23.8. The normalized spacial score (nSPS) is 10.4. The largest absolute Gasteiger partial charge is 0.303 e. The zero-order valence-electron chi connectivity index (χ0n) is 13.5. The van der Waals surface area contributed by atoms with E-state index in [4.69, 9.17) is 5.26 Å². The average molecular weight is 341 g/mol. The maximum atomic E-state index is 12.7. The number of benzene rings is 1. The van der Waals surface area contributed by atoms with Gasteiger partial charge < -0.3 is 5.32 Å². The average Bonchev–Trinajstić information content (AvgIpc) is 3.09. The number of nitrogens with one attached hydrogen (secondary N) is 2. The fraction of sp³-hybridized carbons (Fsp3) is 0. The number of nitrogens with zero attached hydrogens (tertiary/aromatic N) is 4. The van der Waals surface area contributed by atoms with Crippen LogP contribution in [0, 0.1) is 11.3 Å². The Kier molecular flexibility index (Phi) is 3.84. The monoisotopic (exact) mass is 341 g/mol. The third-order valence-electron chi connectivity index (χ3n) is 3.94. The number of carbonyl (C=O) groups is 1. The second kappa shape index (κ2) is 6.45. The molecule has 2 N–H and O–H groups in total. The maximum Gasteiger partial charge on any atom is 0.301 e. The molecule has 26 heavy (non-hydrogen) atoms. The van der Waals surface area contributed by atoms with Crippen LogP contribution in [0.15, 0.2) is 67.3 Å². The lowest BCUT2D eigenvalue weighted by Gasteiger charge is -1.99. The zero-order valence-corrected chi connectivity index (χ0v) is 13.5. The van der Waals surface area contributed by atoms with Crippen molar-refractivity contribution in [1.82, 2.24) is 15.0 Å². The van der Waals surface area contributed by atoms with Gasteiger partial charge in [-0.15, -0.1) is 0 Å². The lowest BCUT2D eigenvalue weighted by Crippen LogP contribution is -2.22. The summed E-state index contributed by atoms with van der Waals surface area (Å²) in [5, 5.41) is 11.7. The van der Waals surface area contributed by atoms with Crippen molar-refractivity contribution in [3.63, 3.8) is 0 Å². The molecule has 3 heterocycles. The number of anilines is 1. The highest BCUT2D eigenvalue weighted by Crippen LogP contribution is 2.19. The first-order chi connectivity index (χ1) is 12.8. The molecule has 0 aliphatic rings. The number of amides is 1. The highest BCUT2D eigenvalue weighted by molar-refractivity contribution is 6.06. The van der Waals surface area contributed by atoms with Crippen LogP contribution in [0.5, 0.6) is 0 Å². The Hall–Kier alpha value is -4.05. The van der Waals surface area contributed by atoms with Gasteiger partial charge in [0.25, 0.3) is 5.82 Å². The molecule has 4 aromatic rings. The van der Waals surface area contributed by atoms with Crippen LogP contribution in [0.25, 0.3) is 16.9 Å². The smallest absolute Gasteiger partial charge is 0.301 e. The van der Waals surface area contributed by atoms with Gasteiger partial charge in [0, 0.05) is 6.20 Å². The summed E-state index contributed by atoms with van der Waals surface area (Å²) >= 11 is 0. The molecule has 0 fully saturated rings. The van der Waals surface area contributed by atoms with Gasteiger partial charge in [0.15, 0.2) is 5.52 Å². The molecular formula is C19H13N6O+. The van der Waals surface area contributed by atoms with E-state index in [0.29, 0.717) is 17.1 Å². The molecule has 1 aromatic carbocycles. The van der Waals surface area contributed by atoms with Crippen LogP contribution in [0.3, 0.4) is 0 Å². The predicted octanol–water partition coefficient (Wildman–Crippen LogP) is 2.33. The number of aromatic nitrogens is 4. The standard InChI is InChI=1S/C19H12N6O/c20-11-13-4-6-14(7-5-13)18-24-17(15-3-1-2-10-25(15)18)19(26)23-16-8-9-21-12-22-16/h1-10,12H,(H,21,22,23,26)/p+1. The van der Waals surface area contributed by atoms with Gasteiger partial charge in [-0.2, -0.15) is 9.66 Å². The topological polar surface area (TPSA) is 98.6 Å². The predicted molar refractivity (Wildman–Crippen MR) is 94.1 cm³/mol. The van der Waals surface area contributed by atoms with Crippen molar-refractivity contribution in [2.24, 2.45) is 0 Å². The minimum atomic E-state index is -0.299. The van der Waals surface area contributed by atoms with Crippen LogP contribution in [0.4, 0.5) is 5.82 Å². The first kappa shape index (κ1) is 15.5. The molecule has 7 heteroatoms. The van der Waals surface area contributed by atoms with Crippen molar-refractivity contribution in [3.05, 3.63) is 78.5 Å². The van der Waals surface area contributed by atoms with Crippen LogP contribution in [-0.2, 0) is 0 Å². The third kappa shape index (κ3) is 2.76. The Morgan fingerprint density at radius 1 is 1.15 bits per heavy atom. The third-order valence-corrected chi connectivity index (χ3v) is 3.94. The Morgan fingerprint density at radius 3 is 2.73 bits per heavy atom. The molecule has 1 amide bonds. The van der Waals surface area contributed by atoms with Crippen molar-refractivity contribution in [2.75, 3.05) is 5.32 Å². The summed E-state index contributed by atoms with van der Waals surface area (Å²) in [5.74, 6) is 0.874. The number of hydrogen-bond acceptors (Lipinski definition) is 4. The van der Waals surface area contributed by atoms with Gasteiger partial charge in [-0.05, 0) is 42.5 Å². The number of H-pyrrole nitrogens is 1. The minimum absolute atomic E-state index is 0.299. The quantitative estimate of drug-likeness (QED) is 0.559. The SMILES string of the molecule is N#Cc1ccc(-c2[nH]c(C(=O)Nc3ccncn3)c3cccc[n+]23)cc1. The Labute approximate surface area is 148 Å². The Balaban J connectivity index is 1.78. The first-order valence-corrected chi connectivity index (χ1v) is 7.86. The first-order valence-electron chi connectivity index (χ1n) is 7.86. The molecule has 0 aliphatic heterocycles. The summed E-state index contributed by atoms with van der Waals surface area (Å²) in [5.41, 5.74) is 2.60. The van der Waals surface area contributed by atoms with E-state index in [1.165, 1.54) is 6.33 Å². The van der Waals surface area contributed by atoms with Crippen LogP contribution < -0.4 is 9.72 Å². The van der Waals surface area contributed by atoms with Gasteiger partial charge in [0.1, 0.15) is 12.1 Å². The number of aromatic amines is 1. The Morgan fingerprint density at radius 2 is 2.00 bits per heavy atom. The van der Waals surface area contributed by atoms with Crippen LogP contribution in [-0.4, -0.2) is 20.9 Å². The highest BCUT2D eigenvalue weighted by Gasteiger charge is 2.25. The molecule has 0 unspecified atom stereocenters. The summed E-state index contributed by atoms with van der Waals surface area (Å²) in [7, 11) is 0. The van der Waals surface area contributed by atoms with E-state index in [9.17, 15) is 4.79 Å². The van der Waals surface area contributed by atoms with Gasteiger partial charge in [-0.25, -0.2) is 15.0 Å². The number of imidazole rings is 1. The lowest BCUT2D eigenvalue weighted by atomic mass is 10.1. The minimum Gasteiger partial charge on any atom is -0.303 e. The molecule has 0 bridgehead atoms. The van der Waals surface area contributed by atoms with Crippen molar-refractivity contribution in [2.45, 2.75) is 0 Å². The summed E-state index contributed by atoms with van der Waals surface area (Å²) in [6, 6.07) is 16.5. The molecule has 0 aliphatic carbocycles. The Bertz CT molecular complexity index is 1130. The fourth-order valence-electron chi connectivity index (χ4n) is 2.71. The molecule has 0 radical (unpaired) electrons. The second-order valence-electron chi connectivity index (χ2n) is 5.54. The van der Waals surface area contributed by atoms with E-state index in [1.807, 2.05) is 40.9 Å². The van der Waals surface area contributed by atoms with Crippen LogP contribution in [0.2, 0.25) is 0 Å². The van der Waals surface area contributed by atoms with E-state index < -0.39 is 0 Å². The van der Waals surface area contributed by atoms with Crippen LogP contribution in [0.1, 0.15) is 16.1 Å². The van der Waals surface area contributed by atoms with Gasteiger partial charge in [-0.3, -0.25) is 4.79 Å². The van der Waals surface area contributed by atoms with E-state index in [-0.39, 0.29) is 5.91 Å². The number of rotatable bonds is 3. The maximum absolute atomic E-state index is 12.7. The second-order valence-corrected chi connectivity index (χ2v) is 5.54. The molecule has 4 rings (SSSR count). The van der Waals surface area contributed by atoms with E-state index in [0.717, 1.165) is 16.9 Å². The number of hydrogen-bond donors (Lipinski definition) is 2. The molecule has 0 saturated carbocycles. The van der Waals surface area contributed by atoms with E-state index in [2.05, 4.69) is 26.3 Å². The molecule has 124 valence electrons. The van der Waals surface area contributed by atoms with Gasteiger partial charge in [0.05, 0.1) is 23.4 Å². The molecule has 0 spiro atoms. The molecule has 7 nitrogen and oxygen atoms in total. The summed E-state index contributed by atoms with van der Waals surface area (Å²) < 4.78 is 1.90. The lowest BCUT2D eigenvalue weighted by molar-refractivity contribution is -0.498. The van der Waals surface area contributed by atoms with Crippen molar-refractivity contribution >= 4 is 17.2 Å². The van der Waals surface area contributed by atoms with Gasteiger partial charge in [-0.1, -0.05) is 6.07 Å². The fourth-order valence-corrected chi connectivity index (χ4v) is 2.71. The van der Waals surface area contributed by atoms with Crippen molar-refractivity contribution < 1.29 is 9.20 Å². The summed E-state index contributed by atoms with van der Waals surface area (Å²) in [6.45, 7) is 0. The number of carbonyl (C=O) groups excluding carboxylic acids is 1. The van der Waals surface area contributed by atoms with Gasteiger partial charge in [0.2, 0.25) is 5.69 Å². The van der Waals surface area contributed by atoms with Crippen molar-refractivity contribution in [1.29, 1.82) is 5.26 Å². The molecule has 3 aromatic heterocycles. The molecule has 0 saturated heterocycles. The van der Waals surface area contributed by atoms with Gasteiger partial charge >= 0.3 is 5.91 Å². The summed E-state index contributed by atoms with van der Waals surface area (Å²) in [6.07, 6.45) is 4.81. The zero-order chi connectivity index (χ0) is 17.9. The van der Waals surface area contributed by atoms with Crippen molar-refractivity contribution in [3.8, 4) is 17.5 Å². The number of pyridine rings is 1. The number of nitriles is 1. The number of fused-ring (bicyclic) bond motifs is 1. The van der Waals surface area contributed by atoms with E-state index in [1.54, 1.807) is 24.4 Å². The van der Waals surface area contributed by atoms with E-state index >= 15 is 0 Å². The molecular weight excluding hydrogens is 328 g/mol. The van der Waals surface area contributed by atoms with Crippen LogP contribution >= 0.6 is 0 Å². The molecule has 0 atom stereocenters. The highest BCUT2D eigenvalue weighted by atomic mass is 16.2.